The minimum atomic E-state index is -3.75. The zero-order valence-electron chi connectivity index (χ0n) is 19.2. The summed E-state index contributed by atoms with van der Waals surface area (Å²) in [5, 5.41) is 2.93. The Kier molecular flexibility index (Phi) is 7.73. The number of carbonyl (C=O) groups is 1. The van der Waals surface area contributed by atoms with Crippen LogP contribution in [-0.2, 0) is 10.0 Å². The molecule has 174 valence electrons. The summed E-state index contributed by atoms with van der Waals surface area (Å²) in [5.41, 5.74) is 2.92. The molecule has 0 spiro atoms. The van der Waals surface area contributed by atoms with Crippen LogP contribution in [0.5, 0.6) is 5.75 Å². The van der Waals surface area contributed by atoms with Crippen molar-refractivity contribution in [2.75, 3.05) is 32.5 Å². The molecule has 0 radical (unpaired) electrons. The summed E-state index contributed by atoms with van der Waals surface area (Å²) in [6.07, 6.45) is 0. The maximum Gasteiger partial charge on any atom is 0.261 e. The molecule has 7 nitrogen and oxygen atoms in total. The van der Waals surface area contributed by atoms with E-state index in [0.717, 1.165) is 16.9 Å². The summed E-state index contributed by atoms with van der Waals surface area (Å²) in [6, 6.07) is 20.6. The number of amides is 1. The van der Waals surface area contributed by atoms with Crippen LogP contribution < -0.4 is 14.8 Å². The van der Waals surface area contributed by atoms with Gasteiger partial charge in [0.2, 0.25) is 0 Å². The van der Waals surface area contributed by atoms with E-state index in [0.29, 0.717) is 17.8 Å². The van der Waals surface area contributed by atoms with Crippen molar-refractivity contribution in [2.45, 2.75) is 17.9 Å². The number of nitrogens with zero attached hydrogens (tertiary/aromatic N) is 1. The van der Waals surface area contributed by atoms with E-state index in [9.17, 15) is 13.2 Å². The first-order chi connectivity index (χ1) is 15.7. The van der Waals surface area contributed by atoms with E-state index in [-0.39, 0.29) is 16.8 Å². The first kappa shape index (κ1) is 24.3. The molecule has 0 aromatic heterocycles. The lowest BCUT2D eigenvalue weighted by molar-refractivity contribution is 0.0942. The van der Waals surface area contributed by atoms with Gasteiger partial charge in [-0.05, 0) is 75.1 Å². The second-order valence-corrected chi connectivity index (χ2v) is 9.64. The molecule has 0 heterocycles. The van der Waals surface area contributed by atoms with E-state index >= 15 is 0 Å². The highest BCUT2D eigenvalue weighted by molar-refractivity contribution is 7.92. The number of benzene rings is 3. The molecule has 0 saturated heterocycles. The minimum Gasteiger partial charge on any atom is -0.497 e. The quantitative estimate of drug-likeness (QED) is 0.499. The number of hydrogen-bond acceptors (Lipinski definition) is 5. The largest absolute Gasteiger partial charge is 0.497 e. The molecule has 3 aromatic rings. The molecule has 0 aliphatic carbocycles. The van der Waals surface area contributed by atoms with Crippen molar-refractivity contribution in [1.82, 2.24) is 10.2 Å². The number of nitrogens with one attached hydrogen (secondary N) is 2. The van der Waals surface area contributed by atoms with E-state index in [1.165, 1.54) is 24.3 Å². The van der Waals surface area contributed by atoms with Gasteiger partial charge in [0, 0.05) is 17.8 Å². The van der Waals surface area contributed by atoms with E-state index in [4.69, 9.17) is 4.74 Å². The Labute approximate surface area is 195 Å². The lowest BCUT2D eigenvalue weighted by Crippen LogP contribution is -2.34. The number of anilines is 1. The average Bonchev–Trinajstić information content (AvgIpc) is 2.80. The van der Waals surface area contributed by atoms with Crippen LogP contribution in [0, 0.1) is 6.92 Å². The van der Waals surface area contributed by atoms with Crippen LogP contribution in [0.1, 0.15) is 27.5 Å². The van der Waals surface area contributed by atoms with Gasteiger partial charge in [0.25, 0.3) is 15.9 Å². The third-order valence-corrected chi connectivity index (χ3v) is 6.69. The molecular weight excluding hydrogens is 438 g/mol. The van der Waals surface area contributed by atoms with Crippen LogP contribution in [0.2, 0.25) is 0 Å². The van der Waals surface area contributed by atoms with E-state index in [2.05, 4.69) is 10.0 Å². The highest BCUT2D eigenvalue weighted by Crippen LogP contribution is 2.22. The third-order valence-electron chi connectivity index (χ3n) is 5.29. The molecule has 0 fully saturated rings. The molecule has 2 N–H and O–H groups in total. The predicted octanol–water partition coefficient (Wildman–Crippen LogP) is 3.84. The summed E-state index contributed by atoms with van der Waals surface area (Å²) in [4.78, 5) is 14.8. The Balaban J connectivity index is 1.67. The van der Waals surface area contributed by atoms with E-state index < -0.39 is 10.0 Å². The van der Waals surface area contributed by atoms with Gasteiger partial charge in [-0.2, -0.15) is 0 Å². The van der Waals surface area contributed by atoms with Gasteiger partial charge < -0.3 is 15.0 Å². The Morgan fingerprint density at radius 3 is 2.27 bits per heavy atom. The van der Waals surface area contributed by atoms with Crippen LogP contribution in [-0.4, -0.2) is 47.0 Å². The van der Waals surface area contributed by atoms with E-state index in [1.54, 1.807) is 19.2 Å². The monoisotopic (exact) mass is 467 g/mol. The fraction of sp³-hybridized carbons (Fsp3) is 0.240. The molecule has 3 rings (SSSR count). The fourth-order valence-corrected chi connectivity index (χ4v) is 4.42. The van der Waals surface area contributed by atoms with Gasteiger partial charge >= 0.3 is 0 Å². The number of ether oxygens (including phenoxy) is 1. The van der Waals surface area contributed by atoms with Gasteiger partial charge in [-0.25, -0.2) is 8.42 Å². The molecule has 0 aliphatic rings. The van der Waals surface area contributed by atoms with Gasteiger partial charge in [-0.3, -0.25) is 9.52 Å². The van der Waals surface area contributed by atoms with Crippen molar-refractivity contribution in [3.8, 4) is 5.75 Å². The lowest BCUT2D eigenvalue weighted by Gasteiger charge is -2.25. The fourth-order valence-electron chi connectivity index (χ4n) is 3.36. The number of likely N-dealkylation sites (N-methyl/N-ethyl adjacent to an activating group) is 1. The Hall–Kier alpha value is -3.36. The first-order valence-electron chi connectivity index (χ1n) is 10.5. The molecule has 3 aromatic carbocycles. The smallest absolute Gasteiger partial charge is 0.261 e. The molecule has 8 heteroatoms. The number of hydrogen-bond donors (Lipinski definition) is 2. The normalized spacial score (nSPS) is 12.3. The van der Waals surface area contributed by atoms with Crippen molar-refractivity contribution in [3.05, 3.63) is 89.5 Å². The van der Waals surface area contributed by atoms with E-state index in [1.807, 2.05) is 62.3 Å². The molecule has 0 aliphatic heterocycles. The number of sulfonamides is 1. The van der Waals surface area contributed by atoms with Crippen molar-refractivity contribution < 1.29 is 17.9 Å². The zero-order chi connectivity index (χ0) is 24.0. The van der Waals surface area contributed by atoms with Gasteiger partial charge in [-0.1, -0.05) is 29.8 Å². The number of rotatable bonds is 9. The average molecular weight is 468 g/mol. The maximum atomic E-state index is 12.7. The highest BCUT2D eigenvalue weighted by atomic mass is 32.2. The van der Waals surface area contributed by atoms with Crippen molar-refractivity contribution in [2.24, 2.45) is 0 Å². The van der Waals surface area contributed by atoms with Crippen molar-refractivity contribution in [1.29, 1.82) is 0 Å². The van der Waals surface area contributed by atoms with Crippen LogP contribution in [0.3, 0.4) is 0 Å². The van der Waals surface area contributed by atoms with Crippen LogP contribution >= 0.6 is 0 Å². The Morgan fingerprint density at radius 2 is 1.67 bits per heavy atom. The van der Waals surface area contributed by atoms with Crippen molar-refractivity contribution in [3.63, 3.8) is 0 Å². The summed E-state index contributed by atoms with van der Waals surface area (Å²) in [6.45, 7) is 2.31. The predicted molar refractivity (Wildman–Crippen MR) is 130 cm³/mol. The van der Waals surface area contributed by atoms with Crippen molar-refractivity contribution >= 4 is 21.6 Å². The number of aryl methyl sites for hydroxylation is 1. The zero-order valence-corrected chi connectivity index (χ0v) is 20.0. The summed E-state index contributed by atoms with van der Waals surface area (Å²) >= 11 is 0. The van der Waals surface area contributed by atoms with Gasteiger partial charge in [0.15, 0.2) is 0 Å². The highest BCUT2D eigenvalue weighted by Gasteiger charge is 2.18. The molecule has 1 amide bonds. The van der Waals surface area contributed by atoms with Gasteiger partial charge in [0.05, 0.1) is 18.0 Å². The Bertz CT molecular complexity index is 1190. The maximum absolute atomic E-state index is 12.7. The third kappa shape index (κ3) is 6.34. The second-order valence-electron chi connectivity index (χ2n) is 7.96. The molecule has 1 atom stereocenters. The summed E-state index contributed by atoms with van der Waals surface area (Å²) < 4.78 is 33.1. The minimum absolute atomic E-state index is 0.0533. The number of methoxy groups -OCH3 is 1. The lowest BCUT2D eigenvalue weighted by atomic mass is 10.1. The second kappa shape index (κ2) is 10.5. The molecular formula is C25H29N3O4S. The van der Waals surface area contributed by atoms with Gasteiger partial charge in [0.1, 0.15) is 5.75 Å². The standard InChI is InChI=1S/C25H29N3O4S/c1-18-8-12-21(13-9-18)27-33(30,31)23-14-10-19(11-15-23)25(29)26-17-24(28(2)3)20-6-5-7-22(16-20)32-4/h5-16,24,27H,17H2,1-4H3,(H,26,29)/t24-/m0/s1. The molecule has 0 saturated carbocycles. The van der Waals surface area contributed by atoms with Crippen LogP contribution in [0.4, 0.5) is 5.69 Å². The SMILES string of the molecule is COc1cccc([C@H](CNC(=O)c2ccc(S(=O)(=O)Nc3ccc(C)cc3)cc2)N(C)C)c1. The molecule has 33 heavy (non-hydrogen) atoms. The summed E-state index contributed by atoms with van der Waals surface area (Å²) in [5.74, 6) is 0.474. The molecule has 0 unspecified atom stereocenters. The summed E-state index contributed by atoms with van der Waals surface area (Å²) in [7, 11) is 1.75. The van der Waals surface area contributed by atoms with Gasteiger partial charge in [-0.15, -0.1) is 0 Å². The van der Waals surface area contributed by atoms with Crippen LogP contribution in [0.25, 0.3) is 0 Å². The first-order valence-corrected chi connectivity index (χ1v) is 12.0. The number of carbonyl (C=O) groups excluding carboxylic acids is 1. The topological polar surface area (TPSA) is 87.7 Å². The van der Waals surface area contributed by atoms with Crippen LogP contribution in [0.15, 0.2) is 77.7 Å². The Morgan fingerprint density at radius 1 is 1.00 bits per heavy atom. The molecule has 0 bridgehead atoms.